The summed E-state index contributed by atoms with van der Waals surface area (Å²) in [4.78, 5) is 13.1. The largest absolute Gasteiger partial charge is 0.328 e. The standard InChI is InChI=1S/C12H15NO3S/c1-10-4-2-5-11(8-10)17(15,16)9-13-7-3-6-12(13)14/h2,4-5,8H,3,6-7,9H2,1H3. The molecule has 0 bridgehead atoms. The number of rotatable bonds is 3. The van der Waals surface area contributed by atoms with Crippen LogP contribution in [-0.2, 0) is 14.6 Å². The van der Waals surface area contributed by atoms with E-state index in [1.54, 1.807) is 18.2 Å². The molecule has 17 heavy (non-hydrogen) atoms. The van der Waals surface area contributed by atoms with Gasteiger partial charge < -0.3 is 4.90 Å². The monoisotopic (exact) mass is 253 g/mol. The second kappa shape index (κ2) is 4.49. The molecule has 0 N–H and O–H groups in total. The molecule has 1 amide bonds. The molecule has 1 aliphatic heterocycles. The summed E-state index contributed by atoms with van der Waals surface area (Å²) in [6.07, 6.45) is 1.21. The highest BCUT2D eigenvalue weighted by Gasteiger charge is 2.26. The van der Waals surface area contributed by atoms with Gasteiger partial charge in [0.25, 0.3) is 0 Å². The molecule has 1 aromatic rings. The number of likely N-dealkylation sites (tertiary alicyclic amines) is 1. The molecule has 0 aromatic heterocycles. The third kappa shape index (κ3) is 2.66. The molecule has 2 rings (SSSR count). The van der Waals surface area contributed by atoms with Crippen molar-refractivity contribution in [3.63, 3.8) is 0 Å². The van der Waals surface area contributed by atoms with Gasteiger partial charge in [0.1, 0.15) is 5.88 Å². The van der Waals surface area contributed by atoms with Crippen molar-refractivity contribution in [2.45, 2.75) is 24.7 Å². The van der Waals surface area contributed by atoms with Gasteiger partial charge in [-0.05, 0) is 31.0 Å². The number of nitrogens with zero attached hydrogens (tertiary/aromatic N) is 1. The van der Waals surface area contributed by atoms with Crippen LogP contribution < -0.4 is 0 Å². The summed E-state index contributed by atoms with van der Waals surface area (Å²) in [7, 11) is -3.39. The molecule has 0 aliphatic carbocycles. The van der Waals surface area contributed by atoms with Crippen LogP contribution in [0.4, 0.5) is 0 Å². The van der Waals surface area contributed by atoms with E-state index in [1.807, 2.05) is 13.0 Å². The molecule has 4 nitrogen and oxygen atoms in total. The average Bonchev–Trinajstić information content (AvgIpc) is 2.64. The van der Waals surface area contributed by atoms with Gasteiger partial charge >= 0.3 is 0 Å². The molecule has 1 aromatic carbocycles. The Morgan fingerprint density at radius 3 is 2.71 bits per heavy atom. The SMILES string of the molecule is Cc1cccc(S(=O)(=O)CN2CCCC2=O)c1. The van der Waals surface area contributed by atoms with E-state index in [-0.39, 0.29) is 16.7 Å². The maximum atomic E-state index is 12.1. The van der Waals surface area contributed by atoms with Gasteiger partial charge in [0, 0.05) is 13.0 Å². The van der Waals surface area contributed by atoms with Crippen molar-refractivity contribution in [2.75, 3.05) is 12.4 Å². The summed E-state index contributed by atoms with van der Waals surface area (Å²) < 4.78 is 24.2. The minimum absolute atomic E-state index is 0.0683. The lowest BCUT2D eigenvalue weighted by atomic mass is 10.2. The first-order valence-electron chi connectivity index (χ1n) is 5.56. The van der Waals surface area contributed by atoms with Crippen LogP contribution in [0.15, 0.2) is 29.2 Å². The fraction of sp³-hybridized carbons (Fsp3) is 0.417. The van der Waals surface area contributed by atoms with Crippen LogP contribution in [0, 0.1) is 6.92 Å². The van der Waals surface area contributed by atoms with E-state index in [1.165, 1.54) is 4.90 Å². The summed E-state index contributed by atoms with van der Waals surface area (Å²) in [5.41, 5.74) is 0.902. The van der Waals surface area contributed by atoms with Crippen LogP contribution in [0.2, 0.25) is 0 Å². The van der Waals surface area contributed by atoms with E-state index >= 15 is 0 Å². The number of amides is 1. The average molecular weight is 253 g/mol. The van der Waals surface area contributed by atoms with E-state index < -0.39 is 9.84 Å². The topological polar surface area (TPSA) is 54.5 Å². The van der Waals surface area contributed by atoms with Crippen LogP contribution in [0.1, 0.15) is 18.4 Å². The first-order chi connectivity index (χ1) is 7.99. The lowest BCUT2D eigenvalue weighted by Crippen LogP contribution is -2.30. The fourth-order valence-electron chi connectivity index (χ4n) is 1.93. The Hall–Kier alpha value is -1.36. The van der Waals surface area contributed by atoms with Crippen molar-refractivity contribution in [1.29, 1.82) is 0 Å². The third-order valence-corrected chi connectivity index (χ3v) is 4.47. The highest BCUT2D eigenvalue weighted by molar-refractivity contribution is 7.91. The second-order valence-electron chi connectivity index (χ2n) is 4.32. The molecule has 5 heteroatoms. The Balaban J connectivity index is 2.22. The predicted octanol–water partition coefficient (Wildman–Crippen LogP) is 1.35. The maximum Gasteiger partial charge on any atom is 0.223 e. The molecule has 0 saturated carbocycles. The molecule has 1 aliphatic rings. The van der Waals surface area contributed by atoms with Crippen LogP contribution in [0.3, 0.4) is 0 Å². The molecule has 1 heterocycles. The van der Waals surface area contributed by atoms with E-state index in [4.69, 9.17) is 0 Å². The highest BCUT2D eigenvalue weighted by atomic mass is 32.2. The van der Waals surface area contributed by atoms with Gasteiger partial charge in [0.15, 0.2) is 9.84 Å². The first kappa shape index (κ1) is 12.1. The highest BCUT2D eigenvalue weighted by Crippen LogP contribution is 2.17. The molecule has 1 saturated heterocycles. The number of carbonyl (C=O) groups excluding carboxylic acids is 1. The number of carbonyl (C=O) groups is 1. The number of hydrogen-bond acceptors (Lipinski definition) is 3. The first-order valence-corrected chi connectivity index (χ1v) is 7.21. The number of hydrogen-bond donors (Lipinski definition) is 0. The van der Waals surface area contributed by atoms with E-state index in [0.717, 1.165) is 12.0 Å². The van der Waals surface area contributed by atoms with Crippen molar-refractivity contribution in [3.8, 4) is 0 Å². The summed E-state index contributed by atoms with van der Waals surface area (Å²) >= 11 is 0. The molecular weight excluding hydrogens is 238 g/mol. The fourth-order valence-corrected chi connectivity index (χ4v) is 3.41. The Bertz CT molecular complexity index is 536. The number of aryl methyl sites for hydroxylation is 1. The van der Waals surface area contributed by atoms with Crippen LogP contribution >= 0.6 is 0 Å². The maximum absolute atomic E-state index is 12.1. The minimum Gasteiger partial charge on any atom is -0.328 e. The molecule has 1 fully saturated rings. The van der Waals surface area contributed by atoms with Gasteiger partial charge in [-0.2, -0.15) is 0 Å². The van der Waals surface area contributed by atoms with E-state index in [0.29, 0.717) is 13.0 Å². The Morgan fingerprint density at radius 1 is 1.35 bits per heavy atom. The van der Waals surface area contributed by atoms with Crippen LogP contribution in [0.25, 0.3) is 0 Å². The van der Waals surface area contributed by atoms with Crippen LogP contribution in [-0.4, -0.2) is 31.6 Å². The molecule has 92 valence electrons. The zero-order valence-electron chi connectivity index (χ0n) is 9.72. The van der Waals surface area contributed by atoms with Crippen molar-refractivity contribution in [3.05, 3.63) is 29.8 Å². The van der Waals surface area contributed by atoms with Crippen LogP contribution in [0.5, 0.6) is 0 Å². The second-order valence-corrected chi connectivity index (χ2v) is 6.28. The molecule has 0 unspecified atom stereocenters. The summed E-state index contributed by atoms with van der Waals surface area (Å²) in [5, 5.41) is 0. The zero-order valence-corrected chi connectivity index (χ0v) is 10.5. The minimum atomic E-state index is -3.39. The van der Waals surface area contributed by atoms with Gasteiger partial charge in [0.05, 0.1) is 4.90 Å². The Morgan fingerprint density at radius 2 is 2.12 bits per heavy atom. The smallest absolute Gasteiger partial charge is 0.223 e. The molecule has 0 radical (unpaired) electrons. The van der Waals surface area contributed by atoms with Gasteiger partial charge in [-0.15, -0.1) is 0 Å². The molecule has 0 spiro atoms. The van der Waals surface area contributed by atoms with Gasteiger partial charge in [-0.3, -0.25) is 4.79 Å². The lowest BCUT2D eigenvalue weighted by Gasteiger charge is -2.15. The molecular formula is C12H15NO3S. The van der Waals surface area contributed by atoms with Crippen molar-refractivity contribution in [2.24, 2.45) is 0 Å². The van der Waals surface area contributed by atoms with Crippen molar-refractivity contribution in [1.82, 2.24) is 4.90 Å². The predicted molar refractivity (Wildman–Crippen MR) is 64.2 cm³/mol. The normalized spacial score (nSPS) is 16.5. The Labute approximate surface area is 101 Å². The van der Waals surface area contributed by atoms with Gasteiger partial charge in [0.2, 0.25) is 5.91 Å². The Kier molecular flexibility index (Phi) is 3.19. The van der Waals surface area contributed by atoms with Gasteiger partial charge in [-0.25, -0.2) is 8.42 Å². The number of benzene rings is 1. The number of sulfone groups is 1. The van der Waals surface area contributed by atoms with E-state index in [9.17, 15) is 13.2 Å². The zero-order chi connectivity index (χ0) is 12.5. The summed E-state index contributed by atoms with van der Waals surface area (Å²) in [6, 6.07) is 6.77. The third-order valence-electron chi connectivity index (χ3n) is 2.85. The van der Waals surface area contributed by atoms with Crippen molar-refractivity contribution < 1.29 is 13.2 Å². The van der Waals surface area contributed by atoms with E-state index in [2.05, 4.69) is 0 Å². The lowest BCUT2D eigenvalue weighted by molar-refractivity contribution is -0.126. The van der Waals surface area contributed by atoms with Gasteiger partial charge in [-0.1, -0.05) is 12.1 Å². The summed E-state index contributed by atoms with van der Waals surface area (Å²) in [5.74, 6) is -0.267. The quantitative estimate of drug-likeness (QED) is 0.817. The summed E-state index contributed by atoms with van der Waals surface area (Å²) in [6.45, 7) is 2.39. The van der Waals surface area contributed by atoms with Crippen molar-refractivity contribution >= 4 is 15.7 Å². The molecule has 0 atom stereocenters.